The Hall–Kier alpha value is -2.86. The van der Waals surface area contributed by atoms with E-state index in [4.69, 9.17) is 0 Å². The third-order valence-corrected chi connectivity index (χ3v) is 4.40. The van der Waals surface area contributed by atoms with Gasteiger partial charge in [0.05, 0.1) is 10.6 Å². The Morgan fingerprint density at radius 3 is 2.57 bits per heavy atom. The molecule has 2 aromatic carbocycles. The van der Waals surface area contributed by atoms with Crippen molar-refractivity contribution < 1.29 is 9.72 Å². The number of hydrogen-bond donors (Lipinski definition) is 0. The largest absolute Gasteiger partial charge is 0.295 e. The molecule has 6 heteroatoms. The van der Waals surface area contributed by atoms with Gasteiger partial charge in [0.2, 0.25) is 0 Å². The molecule has 3 rings (SSSR count). The molecule has 3 aromatic rings. The smallest absolute Gasteiger partial charge is 0.270 e. The van der Waals surface area contributed by atoms with Crippen LogP contribution >= 0.6 is 11.3 Å². The van der Waals surface area contributed by atoms with Gasteiger partial charge in [-0.25, -0.2) is 0 Å². The molecule has 0 radical (unpaired) electrons. The molecule has 23 heavy (non-hydrogen) atoms. The number of carbonyl (C=O) groups excluding carboxylic acids is 1. The molecule has 0 saturated heterocycles. The zero-order chi connectivity index (χ0) is 16.4. The lowest BCUT2D eigenvalue weighted by Gasteiger charge is -1.95. The maximum absolute atomic E-state index is 11.2. The second kappa shape index (κ2) is 6.10. The molecule has 1 heterocycles. The van der Waals surface area contributed by atoms with Crippen LogP contribution in [0.15, 0.2) is 53.5 Å². The number of carbonyl (C=O) groups is 1. The van der Waals surface area contributed by atoms with Crippen molar-refractivity contribution in [2.75, 3.05) is 0 Å². The Labute approximate surface area is 136 Å². The van der Waals surface area contributed by atoms with E-state index in [1.165, 1.54) is 24.3 Å². The van der Waals surface area contributed by atoms with E-state index in [0.717, 1.165) is 20.7 Å². The lowest BCUT2D eigenvalue weighted by molar-refractivity contribution is -0.384. The van der Waals surface area contributed by atoms with Gasteiger partial charge >= 0.3 is 0 Å². The van der Waals surface area contributed by atoms with Crippen LogP contribution in [0.1, 0.15) is 22.2 Å². The summed E-state index contributed by atoms with van der Waals surface area (Å²) in [5.41, 5.74) is 1.48. The van der Waals surface area contributed by atoms with E-state index in [0.29, 0.717) is 5.56 Å². The molecule has 0 aliphatic carbocycles. The highest BCUT2D eigenvalue weighted by Crippen LogP contribution is 2.28. The summed E-state index contributed by atoms with van der Waals surface area (Å²) in [4.78, 5) is 26.9. The number of hydrogen-bond acceptors (Lipinski definition) is 5. The number of benzene rings is 2. The maximum atomic E-state index is 11.2. The Bertz CT molecular complexity index is 927. The minimum Gasteiger partial charge on any atom is -0.295 e. The number of rotatable bonds is 4. The van der Waals surface area contributed by atoms with Gasteiger partial charge in [-0.05, 0) is 48.7 Å². The van der Waals surface area contributed by atoms with Crippen LogP contribution in [-0.4, -0.2) is 16.9 Å². The molecule has 1 aromatic heterocycles. The molecule has 0 fully saturated rings. The molecule has 5 nitrogen and oxygen atoms in total. The summed E-state index contributed by atoms with van der Waals surface area (Å²) >= 11 is 1.52. The normalized spacial score (nSPS) is 11.2. The van der Waals surface area contributed by atoms with E-state index in [2.05, 4.69) is 4.99 Å². The SMILES string of the molecule is CC(=O)c1ccc(N=Cc2cc3cc([N+](=O)[O-])ccc3s2)cc1. The number of nitro groups is 1. The first-order valence-electron chi connectivity index (χ1n) is 6.86. The molecule has 0 N–H and O–H groups in total. The van der Waals surface area contributed by atoms with Crippen molar-refractivity contribution in [3.63, 3.8) is 0 Å². The van der Waals surface area contributed by atoms with Crippen LogP contribution in [0.25, 0.3) is 10.1 Å². The number of nitrogens with zero attached hydrogens (tertiary/aromatic N) is 2. The summed E-state index contributed by atoms with van der Waals surface area (Å²) in [6, 6.07) is 13.7. The molecule has 0 unspecified atom stereocenters. The first-order chi connectivity index (χ1) is 11.0. The van der Waals surface area contributed by atoms with Crippen molar-refractivity contribution in [3.05, 3.63) is 69.1 Å². The van der Waals surface area contributed by atoms with Crippen LogP contribution < -0.4 is 0 Å². The number of Topliss-reactive ketones (excluding diaryl/α,β-unsaturated/α-hetero) is 1. The third-order valence-electron chi connectivity index (χ3n) is 3.34. The van der Waals surface area contributed by atoms with Crippen LogP contribution in [0.5, 0.6) is 0 Å². The van der Waals surface area contributed by atoms with Crippen LogP contribution in [0.2, 0.25) is 0 Å². The van der Waals surface area contributed by atoms with Crippen molar-refractivity contribution in [2.45, 2.75) is 6.92 Å². The molecular weight excluding hydrogens is 312 g/mol. The van der Waals surface area contributed by atoms with Crippen molar-refractivity contribution in [3.8, 4) is 0 Å². The summed E-state index contributed by atoms with van der Waals surface area (Å²) in [5.74, 6) is 0.0200. The second-order valence-electron chi connectivity index (χ2n) is 4.99. The quantitative estimate of drug-likeness (QED) is 0.300. The third kappa shape index (κ3) is 3.32. The van der Waals surface area contributed by atoms with Crippen molar-refractivity contribution in [2.24, 2.45) is 4.99 Å². The zero-order valence-corrected chi connectivity index (χ0v) is 13.0. The van der Waals surface area contributed by atoms with E-state index in [9.17, 15) is 14.9 Å². The molecule has 0 saturated carbocycles. The lowest BCUT2D eigenvalue weighted by Crippen LogP contribution is -1.89. The first kappa shape index (κ1) is 15.1. The Morgan fingerprint density at radius 2 is 1.91 bits per heavy atom. The van der Waals surface area contributed by atoms with E-state index in [1.807, 2.05) is 6.07 Å². The molecule has 0 amide bonds. The summed E-state index contributed by atoms with van der Waals surface area (Å²) in [6.45, 7) is 1.52. The fourth-order valence-corrected chi connectivity index (χ4v) is 3.07. The highest BCUT2D eigenvalue weighted by molar-refractivity contribution is 7.20. The van der Waals surface area contributed by atoms with Gasteiger partial charge in [-0.1, -0.05) is 0 Å². The predicted octanol–water partition coefficient (Wildman–Crippen LogP) is 4.76. The van der Waals surface area contributed by atoms with E-state index < -0.39 is 4.92 Å². The van der Waals surface area contributed by atoms with Crippen molar-refractivity contribution >= 4 is 44.8 Å². The molecule has 0 aliphatic heterocycles. The first-order valence-corrected chi connectivity index (χ1v) is 7.67. The number of nitro benzene ring substituents is 1. The Balaban J connectivity index is 1.85. The van der Waals surface area contributed by atoms with Crippen LogP contribution in [0, 0.1) is 10.1 Å². The fraction of sp³-hybridized carbons (Fsp3) is 0.0588. The minimum atomic E-state index is -0.401. The highest BCUT2D eigenvalue weighted by Gasteiger charge is 2.08. The summed E-state index contributed by atoms with van der Waals surface area (Å²) in [6.07, 6.45) is 1.72. The van der Waals surface area contributed by atoms with E-state index in [-0.39, 0.29) is 11.5 Å². The van der Waals surface area contributed by atoms with Crippen molar-refractivity contribution in [1.29, 1.82) is 0 Å². The Kier molecular flexibility index (Phi) is 3.99. The van der Waals surface area contributed by atoms with Crippen LogP contribution in [-0.2, 0) is 0 Å². The number of non-ortho nitro benzene ring substituents is 1. The average molecular weight is 324 g/mol. The maximum Gasteiger partial charge on any atom is 0.270 e. The highest BCUT2D eigenvalue weighted by atomic mass is 32.1. The number of thiophene rings is 1. The lowest BCUT2D eigenvalue weighted by atomic mass is 10.1. The molecule has 114 valence electrons. The van der Waals surface area contributed by atoms with E-state index >= 15 is 0 Å². The van der Waals surface area contributed by atoms with Gasteiger partial charge in [-0.15, -0.1) is 11.3 Å². The number of aliphatic imine (C=N–C) groups is 1. The van der Waals surface area contributed by atoms with Gasteiger partial charge in [0.1, 0.15) is 0 Å². The number of fused-ring (bicyclic) bond motifs is 1. The topological polar surface area (TPSA) is 72.6 Å². The monoisotopic (exact) mass is 324 g/mol. The number of ketones is 1. The van der Waals surface area contributed by atoms with Crippen LogP contribution in [0.4, 0.5) is 11.4 Å². The molecule has 0 aliphatic rings. The van der Waals surface area contributed by atoms with Gasteiger partial charge in [0, 0.05) is 33.5 Å². The molecule has 0 atom stereocenters. The predicted molar refractivity (Wildman–Crippen MR) is 92.2 cm³/mol. The average Bonchev–Trinajstić information content (AvgIpc) is 2.95. The molecular formula is C17H12N2O3S. The second-order valence-corrected chi connectivity index (χ2v) is 6.10. The fourth-order valence-electron chi connectivity index (χ4n) is 2.15. The minimum absolute atomic E-state index is 0.0200. The van der Waals surface area contributed by atoms with E-state index in [1.54, 1.807) is 42.6 Å². The molecule has 0 spiro atoms. The summed E-state index contributed by atoms with van der Waals surface area (Å²) < 4.78 is 0.976. The molecule has 0 bridgehead atoms. The Morgan fingerprint density at radius 1 is 1.17 bits per heavy atom. The van der Waals surface area contributed by atoms with Gasteiger partial charge in [-0.3, -0.25) is 19.9 Å². The summed E-state index contributed by atoms with van der Waals surface area (Å²) in [5, 5.41) is 11.6. The van der Waals surface area contributed by atoms with Gasteiger partial charge in [0.25, 0.3) is 5.69 Å². The van der Waals surface area contributed by atoms with Crippen molar-refractivity contribution in [1.82, 2.24) is 0 Å². The van der Waals surface area contributed by atoms with Gasteiger partial charge in [-0.2, -0.15) is 0 Å². The van der Waals surface area contributed by atoms with Crippen LogP contribution in [0.3, 0.4) is 0 Å². The van der Waals surface area contributed by atoms with Gasteiger partial charge in [0.15, 0.2) is 5.78 Å². The zero-order valence-electron chi connectivity index (χ0n) is 12.2. The van der Waals surface area contributed by atoms with Gasteiger partial charge < -0.3 is 0 Å². The standard InChI is InChI=1S/C17H12N2O3S/c1-11(20)12-2-4-14(5-3-12)18-10-16-9-13-8-15(19(21)22)6-7-17(13)23-16/h2-10H,1H3. The summed E-state index contributed by atoms with van der Waals surface area (Å²) in [7, 11) is 0.